The Bertz CT molecular complexity index is 418. The summed E-state index contributed by atoms with van der Waals surface area (Å²) in [6, 6.07) is 8.37. The van der Waals surface area contributed by atoms with Gasteiger partial charge in [0.05, 0.1) is 19.3 Å². The number of benzene rings is 1. The van der Waals surface area contributed by atoms with Crippen LogP contribution in [0.5, 0.6) is 5.75 Å². The van der Waals surface area contributed by atoms with Crippen molar-refractivity contribution in [3.63, 3.8) is 0 Å². The lowest BCUT2D eigenvalue weighted by Crippen LogP contribution is -2.45. The maximum Gasteiger partial charge on any atom is 0.122 e. The normalized spacial score (nSPS) is 26.2. The molecule has 0 saturated carbocycles. The molecule has 2 aliphatic rings. The minimum absolute atomic E-state index is 0.316. The van der Waals surface area contributed by atoms with E-state index >= 15 is 0 Å². The Morgan fingerprint density at radius 1 is 1.32 bits per heavy atom. The molecule has 2 unspecified atom stereocenters. The second-order valence-electron chi connectivity index (χ2n) is 5.46. The first-order valence-corrected chi connectivity index (χ1v) is 7.05. The zero-order valence-electron chi connectivity index (χ0n) is 11.5. The summed E-state index contributed by atoms with van der Waals surface area (Å²) in [7, 11) is 2.17. The van der Waals surface area contributed by atoms with Crippen molar-refractivity contribution in [2.45, 2.75) is 12.0 Å². The lowest BCUT2D eigenvalue weighted by atomic mass is 10.0. The maximum atomic E-state index is 5.75. The van der Waals surface area contributed by atoms with E-state index in [4.69, 9.17) is 9.47 Å². The second-order valence-corrected chi connectivity index (χ2v) is 5.46. The molecule has 1 aromatic rings. The van der Waals surface area contributed by atoms with Crippen molar-refractivity contribution in [3.8, 4) is 5.75 Å². The number of para-hydroxylation sites is 1. The van der Waals surface area contributed by atoms with Gasteiger partial charge in [-0.15, -0.1) is 0 Å². The van der Waals surface area contributed by atoms with E-state index in [2.05, 4.69) is 35.5 Å². The number of ether oxygens (including phenoxy) is 2. The lowest BCUT2D eigenvalue weighted by Gasteiger charge is -2.29. The topological polar surface area (TPSA) is 33.7 Å². The van der Waals surface area contributed by atoms with Crippen LogP contribution in [0.4, 0.5) is 0 Å². The van der Waals surface area contributed by atoms with Crippen LogP contribution >= 0.6 is 0 Å². The van der Waals surface area contributed by atoms with Gasteiger partial charge in [0, 0.05) is 37.7 Å². The van der Waals surface area contributed by atoms with Gasteiger partial charge in [0.15, 0.2) is 0 Å². The van der Waals surface area contributed by atoms with Crippen molar-refractivity contribution in [2.75, 3.05) is 46.4 Å². The predicted molar refractivity (Wildman–Crippen MR) is 74.8 cm³/mol. The third-order valence-electron chi connectivity index (χ3n) is 3.85. The Balaban J connectivity index is 1.54. The highest BCUT2D eigenvalue weighted by Gasteiger charge is 2.25. The van der Waals surface area contributed by atoms with E-state index in [1.54, 1.807) is 0 Å². The Hall–Kier alpha value is -1.10. The van der Waals surface area contributed by atoms with E-state index in [9.17, 15) is 0 Å². The van der Waals surface area contributed by atoms with Crippen molar-refractivity contribution in [3.05, 3.63) is 29.8 Å². The van der Waals surface area contributed by atoms with Crippen molar-refractivity contribution in [1.82, 2.24) is 10.2 Å². The van der Waals surface area contributed by atoms with Crippen molar-refractivity contribution in [2.24, 2.45) is 0 Å². The first-order chi connectivity index (χ1) is 9.33. The molecule has 0 radical (unpaired) electrons. The van der Waals surface area contributed by atoms with Crippen LogP contribution in [0.1, 0.15) is 11.5 Å². The zero-order valence-corrected chi connectivity index (χ0v) is 11.5. The summed E-state index contributed by atoms with van der Waals surface area (Å²) in [5.41, 5.74) is 1.34. The van der Waals surface area contributed by atoms with Gasteiger partial charge in [-0.3, -0.25) is 0 Å². The Kier molecular flexibility index (Phi) is 4.01. The van der Waals surface area contributed by atoms with Gasteiger partial charge in [0.25, 0.3) is 0 Å². The molecule has 0 aromatic heterocycles. The number of morpholine rings is 1. The van der Waals surface area contributed by atoms with Gasteiger partial charge in [-0.05, 0) is 13.1 Å². The molecule has 1 saturated heterocycles. The first kappa shape index (κ1) is 12.9. The van der Waals surface area contributed by atoms with E-state index in [-0.39, 0.29) is 0 Å². The fourth-order valence-electron chi connectivity index (χ4n) is 2.92. The molecule has 1 fully saturated rings. The van der Waals surface area contributed by atoms with Crippen molar-refractivity contribution >= 4 is 0 Å². The van der Waals surface area contributed by atoms with Gasteiger partial charge >= 0.3 is 0 Å². The number of hydrogen-bond donors (Lipinski definition) is 1. The summed E-state index contributed by atoms with van der Waals surface area (Å²) < 4.78 is 11.5. The molecule has 1 N–H and O–H groups in total. The third kappa shape index (κ3) is 3.08. The minimum atomic E-state index is 0.316. The number of rotatable bonds is 4. The summed E-state index contributed by atoms with van der Waals surface area (Å²) in [6.07, 6.45) is 0.316. The number of nitrogens with one attached hydrogen (secondary N) is 1. The molecule has 4 heteroatoms. The number of fused-ring (bicyclic) bond motifs is 1. The summed E-state index contributed by atoms with van der Waals surface area (Å²) in [4.78, 5) is 2.35. The Morgan fingerprint density at radius 3 is 3.05 bits per heavy atom. The number of nitrogens with zero attached hydrogens (tertiary/aromatic N) is 1. The third-order valence-corrected chi connectivity index (χ3v) is 3.85. The maximum absolute atomic E-state index is 5.75. The summed E-state index contributed by atoms with van der Waals surface area (Å²) in [5, 5.41) is 3.37. The molecule has 3 rings (SSSR count). The lowest BCUT2D eigenvalue weighted by molar-refractivity contribution is 0.00896. The summed E-state index contributed by atoms with van der Waals surface area (Å²) in [5.74, 6) is 1.54. The fraction of sp³-hybridized carbons (Fsp3) is 0.600. The molecular formula is C15H22N2O2. The van der Waals surface area contributed by atoms with E-state index in [1.807, 2.05) is 6.07 Å². The van der Waals surface area contributed by atoms with Gasteiger partial charge in [-0.2, -0.15) is 0 Å². The van der Waals surface area contributed by atoms with Crippen LogP contribution in [0.2, 0.25) is 0 Å². The van der Waals surface area contributed by atoms with Crippen LogP contribution in [0, 0.1) is 0 Å². The average molecular weight is 262 g/mol. The quantitative estimate of drug-likeness (QED) is 0.880. The van der Waals surface area contributed by atoms with E-state index in [0.29, 0.717) is 12.0 Å². The standard InChI is InChI=1S/C15H22N2O2/c1-17(10-13-8-16-6-7-18-13)9-12-11-19-15-5-3-2-4-14(12)15/h2-5,12-13,16H,6-11H2,1H3. The van der Waals surface area contributed by atoms with Gasteiger partial charge in [0.1, 0.15) is 5.75 Å². The number of hydrogen-bond acceptors (Lipinski definition) is 4. The highest BCUT2D eigenvalue weighted by Crippen LogP contribution is 2.33. The molecule has 0 amide bonds. The largest absolute Gasteiger partial charge is 0.493 e. The molecule has 4 nitrogen and oxygen atoms in total. The fourth-order valence-corrected chi connectivity index (χ4v) is 2.92. The molecule has 104 valence electrons. The zero-order chi connectivity index (χ0) is 13.1. The van der Waals surface area contributed by atoms with Gasteiger partial charge in [-0.1, -0.05) is 18.2 Å². The van der Waals surface area contributed by atoms with Crippen LogP contribution in [-0.4, -0.2) is 57.4 Å². The summed E-state index contributed by atoms with van der Waals surface area (Å²) >= 11 is 0. The van der Waals surface area contributed by atoms with E-state index < -0.39 is 0 Å². The van der Waals surface area contributed by atoms with Crippen LogP contribution in [-0.2, 0) is 4.74 Å². The van der Waals surface area contributed by atoms with Gasteiger partial charge < -0.3 is 19.7 Å². The SMILES string of the molecule is CN(CC1CNCCO1)CC1COc2ccccc21. The predicted octanol–water partition coefficient (Wildman–Crippen LogP) is 1.08. The number of likely N-dealkylation sites (N-methyl/N-ethyl adjacent to an activating group) is 1. The molecule has 19 heavy (non-hydrogen) atoms. The van der Waals surface area contributed by atoms with Crippen molar-refractivity contribution in [1.29, 1.82) is 0 Å². The van der Waals surface area contributed by atoms with Crippen molar-refractivity contribution < 1.29 is 9.47 Å². The molecule has 0 spiro atoms. The highest BCUT2D eigenvalue weighted by atomic mass is 16.5. The van der Waals surface area contributed by atoms with Gasteiger partial charge in [-0.25, -0.2) is 0 Å². The van der Waals surface area contributed by atoms with Crippen LogP contribution in [0.15, 0.2) is 24.3 Å². The summed E-state index contributed by atoms with van der Waals surface area (Å²) in [6.45, 7) is 5.57. The molecule has 1 aromatic carbocycles. The molecule has 2 aliphatic heterocycles. The molecule has 2 heterocycles. The first-order valence-electron chi connectivity index (χ1n) is 7.05. The monoisotopic (exact) mass is 262 g/mol. The van der Waals surface area contributed by atoms with E-state index in [0.717, 1.165) is 45.1 Å². The average Bonchev–Trinajstić information content (AvgIpc) is 2.83. The second kappa shape index (κ2) is 5.90. The van der Waals surface area contributed by atoms with Gasteiger partial charge in [0.2, 0.25) is 0 Å². The van der Waals surface area contributed by atoms with Crippen LogP contribution < -0.4 is 10.1 Å². The van der Waals surface area contributed by atoms with Crippen LogP contribution in [0.3, 0.4) is 0 Å². The minimum Gasteiger partial charge on any atom is -0.493 e. The smallest absolute Gasteiger partial charge is 0.122 e. The molecule has 0 aliphatic carbocycles. The molecule has 0 bridgehead atoms. The van der Waals surface area contributed by atoms with Crippen LogP contribution in [0.25, 0.3) is 0 Å². The molecular weight excluding hydrogens is 240 g/mol. The highest BCUT2D eigenvalue weighted by molar-refractivity contribution is 5.39. The molecule has 2 atom stereocenters. The Morgan fingerprint density at radius 2 is 2.21 bits per heavy atom. The van der Waals surface area contributed by atoms with E-state index in [1.165, 1.54) is 5.56 Å². The Labute approximate surface area is 114 Å².